The maximum absolute atomic E-state index is 12.4. The zero-order valence-corrected chi connectivity index (χ0v) is 18.0. The molecular formula is C23H23N5OS. The van der Waals surface area contributed by atoms with Crippen molar-refractivity contribution >= 4 is 29.0 Å². The highest BCUT2D eigenvalue weighted by Crippen LogP contribution is 2.22. The Hall–Kier alpha value is -3.19. The predicted octanol–water partition coefficient (Wildman–Crippen LogP) is 4.70. The lowest BCUT2D eigenvalue weighted by molar-refractivity contribution is -0.113. The molecule has 0 spiro atoms. The second kappa shape index (κ2) is 8.67. The van der Waals surface area contributed by atoms with Crippen molar-refractivity contribution in [2.75, 3.05) is 11.1 Å². The van der Waals surface area contributed by atoms with Crippen molar-refractivity contribution in [3.8, 4) is 11.3 Å². The molecule has 0 unspecified atom stereocenters. The Bertz CT molecular complexity index is 1200. The number of nitrogens with zero attached hydrogens (tertiary/aromatic N) is 4. The van der Waals surface area contributed by atoms with Crippen LogP contribution in [0.2, 0.25) is 0 Å². The van der Waals surface area contributed by atoms with E-state index in [0.29, 0.717) is 10.8 Å². The molecule has 4 rings (SSSR count). The predicted molar refractivity (Wildman–Crippen MR) is 121 cm³/mol. The standard InChI is InChI=1S/C23H23N5OS/c1-4-17-8-10-18(11-9-17)20-12-13-21-25-26-23(28(21)27-20)30-14-22(29)24-19-7-5-6-15(2)16(19)3/h5-13H,4,14H2,1-3H3,(H,24,29). The van der Waals surface area contributed by atoms with Crippen LogP contribution in [-0.4, -0.2) is 31.5 Å². The third-order valence-corrected chi connectivity index (χ3v) is 6.02. The molecule has 0 aliphatic heterocycles. The Morgan fingerprint density at radius 3 is 2.60 bits per heavy atom. The van der Waals surface area contributed by atoms with E-state index in [1.165, 1.54) is 17.3 Å². The highest BCUT2D eigenvalue weighted by Gasteiger charge is 2.13. The molecule has 0 aliphatic rings. The van der Waals surface area contributed by atoms with Crippen molar-refractivity contribution in [1.29, 1.82) is 0 Å². The number of aromatic nitrogens is 4. The van der Waals surface area contributed by atoms with Crippen molar-refractivity contribution < 1.29 is 4.79 Å². The van der Waals surface area contributed by atoms with Gasteiger partial charge in [-0.25, -0.2) is 0 Å². The first-order valence-electron chi connectivity index (χ1n) is 9.86. The lowest BCUT2D eigenvalue weighted by Crippen LogP contribution is -2.15. The van der Waals surface area contributed by atoms with Crippen molar-refractivity contribution in [3.63, 3.8) is 0 Å². The first kappa shape index (κ1) is 20.1. The Morgan fingerprint density at radius 2 is 1.83 bits per heavy atom. The fourth-order valence-electron chi connectivity index (χ4n) is 3.13. The molecule has 1 N–H and O–H groups in total. The normalized spacial score (nSPS) is 11.0. The summed E-state index contributed by atoms with van der Waals surface area (Å²) in [6.45, 7) is 6.17. The minimum Gasteiger partial charge on any atom is -0.325 e. The van der Waals surface area contributed by atoms with E-state index in [4.69, 9.17) is 0 Å². The van der Waals surface area contributed by atoms with Crippen LogP contribution in [0.4, 0.5) is 5.69 Å². The van der Waals surface area contributed by atoms with Gasteiger partial charge in [0, 0.05) is 11.3 Å². The summed E-state index contributed by atoms with van der Waals surface area (Å²) < 4.78 is 1.69. The van der Waals surface area contributed by atoms with E-state index in [1.807, 2.05) is 44.2 Å². The lowest BCUT2D eigenvalue weighted by atomic mass is 10.1. The third kappa shape index (κ3) is 4.21. The Balaban J connectivity index is 1.50. The largest absolute Gasteiger partial charge is 0.325 e. The summed E-state index contributed by atoms with van der Waals surface area (Å²) in [4.78, 5) is 12.4. The molecule has 2 heterocycles. The second-order valence-corrected chi connectivity index (χ2v) is 8.05. The lowest BCUT2D eigenvalue weighted by Gasteiger charge is -2.09. The first-order chi connectivity index (χ1) is 14.5. The SMILES string of the molecule is CCc1ccc(-c2ccc3nnc(SCC(=O)Nc4cccc(C)c4C)n3n2)cc1. The van der Waals surface area contributed by atoms with Crippen LogP contribution in [0, 0.1) is 13.8 Å². The highest BCUT2D eigenvalue weighted by atomic mass is 32.2. The minimum atomic E-state index is -0.0863. The number of nitrogens with one attached hydrogen (secondary N) is 1. The van der Waals surface area contributed by atoms with E-state index in [0.717, 1.165) is 34.5 Å². The van der Waals surface area contributed by atoms with Crippen LogP contribution in [0.25, 0.3) is 16.9 Å². The van der Waals surface area contributed by atoms with Gasteiger partial charge in [-0.15, -0.1) is 10.2 Å². The van der Waals surface area contributed by atoms with Crippen LogP contribution in [-0.2, 0) is 11.2 Å². The fraction of sp³-hybridized carbons (Fsp3) is 0.217. The summed E-state index contributed by atoms with van der Waals surface area (Å²) in [7, 11) is 0. The van der Waals surface area contributed by atoms with Crippen LogP contribution in [0.1, 0.15) is 23.6 Å². The number of hydrogen-bond acceptors (Lipinski definition) is 5. The first-order valence-corrected chi connectivity index (χ1v) is 10.8. The molecule has 0 radical (unpaired) electrons. The Labute approximate surface area is 179 Å². The third-order valence-electron chi connectivity index (χ3n) is 5.10. The van der Waals surface area contributed by atoms with Gasteiger partial charge in [0.15, 0.2) is 5.65 Å². The molecule has 0 atom stereocenters. The van der Waals surface area contributed by atoms with Gasteiger partial charge in [-0.3, -0.25) is 4.79 Å². The molecule has 0 aliphatic carbocycles. The molecule has 2 aromatic heterocycles. The molecule has 6 nitrogen and oxygen atoms in total. The molecule has 0 bridgehead atoms. The molecule has 0 saturated heterocycles. The number of thioether (sulfide) groups is 1. The van der Waals surface area contributed by atoms with E-state index in [9.17, 15) is 4.79 Å². The van der Waals surface area contributed by atoms with Crippen LogP contribution >= 0.6 is 11.8 Å². The van der Waals surface area contributed by atoms with Crippen LogP contribution in [0.3, 0.4) is 0 Å². The van der Waals surface area contributed by atoms with E-state index in [2.05, 4.69) is 51.8 Å². The topological polar surface area (TPSA) is 72.2 Å². The van der Waals surface area contributed by atoms with E-state index in [1.54, 1.807) is 4.52 Å². The fourth-order valence-corrected chi connectivity index (χ4v) is 3.81. The Kier molecular flexibility index (Phi) is 5.81. The number of fused-ring (bicyclic) bond motifs is 1. The minimum absolute atomic E-state index is 0.0863. The van der Waals surface area contributed by atoms with Gasteiger partial charge in [0.2, 0.25) is 11.1 Å². The molecule has 7 heteroatoms. The number of anilines is 1. The molecule has 0 fully saturated rings. The number of hydrogen-bond donors (Lipinski definition) is 1. The maximum atomic E-state index is 12.4. The number of aryl methyl sites for hydroxylation is 2. The molecule has 2 aromatic carbocycles. The summed E-state index contributed by atoms with van der Waals surface area (Å²) in [5.74, 6) is 0.141. The molecule has 30 heavy (non-hydrogen) atoms. The van der Waals surface area contributed by atoms with Crippen molar-refractivity contribution in [3.05, 3.63) is 71.3 Å². The second-order valence-electron chi connectivity index (χ2n) is 7.11. The van der Waals surface area contributed by atoms with Crippen molar-refractivity contribution in [2.24, 2.45) is 0 Å². The van der Waals surface area contributed by atoms with E-state index < -0.39 is 0 Å². The molecule has 4 aromatic rings. The van der Waals surface area contributed by atoms with Gasteiger partial charge in [0.1, 0.15) is 0 Å². The summed E-state index contributed by atoms with van der Waals surface area (Å²) in [6.07, 6.45) is 1.00. The Morgan fingerprint density at radius 1 is 1.03 bits per heavy atom. The van der Waals surface area contributed by atoms with Gasteiger partial charge >= 0.3 is 0 Å². The quantitative estimate of drug-likeness (QED) is 0.460. The summed E-state index contributed by atoms with van der Waals surface area (Å²) in [5.41, 5.74) is 6.87. The smallest absolute Gasteiger partial charge is 0.234 e. The highest BCUT2D eigenvalue weighted by molar-refractivity contribution is 7.99. The number of rotatable bonds is 6. The summed E-state index contributed by atoms with van der Waals surface area (Å²) in [5, 5.41) is 16.6. The zero-order valence-electron chi connectivity index (χ0n) is 17.2. The van der Waals surface area contributed by atoms with Crippen molar-refractivity contribution in [1.82, 2.24) is 19.8 Å². The molecular weight excluding hydrogens is 394 g/mol. The average Bonchev–Trinajstić information content (AvgIpc) is 3.18. The molecule has 1 amide bonds. The van der Waals surface area contributed by atoms with Gasteiger partial charge in [-0.05, 0) is 55.2 Å². The van der Waals surface area contributed by atoms with E-state index >= 15 is 0 Å². The van der Waals surface area contributed by atoms with Crippen LogP contribution < -0.4 is 5.32 Å². The number of carbonyl (C=O) groups excluding carboxylic acids is 1. The molecule has 152 valence electrons. The monoisotopic (exact) mass is 417 g/mol. The average molecular weight is 418 g/mol. The van der Waals surface area contributed by atoms with Gasteiger partial charge in [-0.1, -0.05) is 55.1 Å². The summed E-state index contributed by atoms with van der Waals surface area (Å²) >= 11 is 1.32. The number of amides is 1. The van der Waals surface area contributed by atoms with Crippen LogP contribution in [0.5, 0.6) is 0 Å². The van der Waals surface area contributed by atoms with Gasteiger partial charge in [0.05, 0.1) is 11.4 Å². The van der Waals surface area contributed by atoms with Gasteiger partial charge in [0.25, 0.3) is 0 Å². The number of benzene rings is 2. The zero-order chi connectivity index (χ0) is 21.1. The maximum Gasteiger partial charge on any atom is 0.234 e. The van der Waals surface area contributed by atoms with E-state index in [-0.39, 0.29) is 11.7 Å². The van der Waals surface area contributed by atoms with Crippen LogP contribution in [0.15, 0.2) is 59.8 Å². The van der Waals surface area contributed by atoms with Gasteiger partial charge < -0.3 is 5.32 Å². The van der Waals surface area contributed by atoms with Gasteiger partial charge in [-0.2, -0.15) is 9.61 Å². The van der Waals surface area contributed by atoms with Crippen molar-refractivity contribution in [2.45, 2.75) is 32.3 Å². The summed E-state index contributed by atoms with van der Waals surface area (Å²) in [6, 6.07) is 18.1. The number of carbonyl (C=O) groups is 1. The molecule has 0 saturated carbocycles.